The normalized spacial score (nSPS) is 18.7. The molecule has 1 saturated heterocycles. The van der Waals surface area contributed by atoms with Gasteiger partial charge in [-0.15, -0.1) is 0 Å². The van der Waals surface area contributed by atoms with Crippen LogP contribution in [0.25, 0.3) is 5.69 Å². The molecule has 0 bridgehead atoms. The lowest BCUT2D eigenvalue weighted by Crippen LogP contribution is -2.40. The number of benzene rings is 1. The number of para-hydroxylation sites is 2. The Balaban J connectivity index is 1.83. The fourth-order valence-electron chi connectivity index (χ4n) is 3.01. The van der Waals surface area contributed by atoms with E-state index in [1.54, 1.807) is 4.90 Å². The van der Waals surface area contributed by atoms with E-state index < -0.39 is 5.92 Å². The summed E-state index contributed by atoms with van der Waals surface area (Å²) in [5.74, 6) is -0.859. The zero-order chi connectivity index (χ0) is 17.1. The first-order valence-electron chi connectivity index (χ1n) is 8.46. The number of amides is 2. The number of carbonyl (C=O) groups excluding carboxylic acids is 2. The van der Waals surface area contributed by atoms with Gasteiger partial charge < -0.3 is 14.8 Å². The summed E-state index contributed by atoms with van der Waals surface area (Å²) in [6.07, 6.45) is 5.31. The fourth-order valence-corrected chi connectivity index (χ4v) is 3.01. The smallest absolute Gasteiger partial charge is 0.239 e. The Kier molecular flexibility index (Phi) is 4.69. The SMILES string of the molecule is CCC(C)NC(=O)C1CCN(c2ccccc2-n2cccc2)C1=O. The van der Waals surface area contributed by atoms with Gasteiger partial charge >= 0.3 is 0 Å². The summed E-state index contributed by atoms with van der Waals surface area (Å²) in [5.41, 5.74) is 1.79. The van der Waals surface area contributed by atoms with Crippen molar-refractivity contribution in [2.24, 2.45) is 5.92 Å². The summed E-state index contributed by atoms with van der Waals surface area (Å²) in [6.45, 7) is 4.53. The molecule has 24 heavy (non-hydrogen) atoms. The van der Waals surface area contributed by atoms with Gasteiger partial charge in [0, 0.05) is 25.0 Å². The number of nitrogens with one attached hydrogen (secondary N) is 1. The topological polar surface area (TPSA) is 54.3 Å². The van der Waals surface area contributed by atoms with E-state index in [-0.39, 0.29) is 17.9 Å². The molecule has 0 saturated carbocycles. The van der Waals surface area contributed by atoms with Crippen molar-refractivity contribution in [1.29, 1.82) is 0 Å². The number of nitrogens with zero attached hydrogens (tertiary/aromatic N) is 2. The highest BCUT2D eigenvalue weighted by atomic mass is 16.2. The highest BCUT2D eigenvalue weighted by molar-refractivity contribution is 6.10. The fraction of sp³-hybridized carbons (Fsp3) is 0.368. The van der Waals surface area contributed by atoms with Gasteiger partial charge in [0.05, 0.1) is 11.4 Å². The number of aromatic nitrogens is 1. The number of carbonyl (C=O) groups is 2. The molecule has 126 valence electrons. The summed E-state index contributed by atoms with van der Waals surface area (Å²) in [4.78, 5) is 26.9. The van der Waals surface area contributed by atoms with E-state index in [0.29, 0.717) is 13.0 Å². The van der Waals surface area contributed by atoms with Crippen molar-refractivity contribution in [3.63, 3.8) is 0 Å². The van der Waals surface area contributed by atoms with Gasteiger partial charge in [0.15, 0.2) is 0 Å². The number of hydrogen-bond acceptors (Lipinski definition) is 2. The summed E-state index contributed by atoms with van der Waals surface area (Å²) in [7, 11) is 0. The first-order valence-corrected chi connectivity index (χ1v) is 8.46. The van der Waals surface area contributed by atoms with E-state index in [4.69, 9.17) is 0 Å². The van der Waals surface area contributed by atoms with Crippen LogP contribution in [0.4, 0.5) is 5.69 Å². The van der Waals surface area contributed by atoms with Crippen LogP contribution in [-0.2, 0) is 9.59 Å². The molecule has 3 rings (SSSR count). The maximum absolute atomic E-state index is 12.8. The highest BCUT2D eigenvalue weighted by Crippen LogP contribution is 2.30. The van der Waals surface area contributed by atoms with Crippen LogP contribution >= 0.6 is 0 Å². The van der Waals surface area contributed by atoms with Gasteiger partial charge in [0.25, 0.3) is 0 Å². The third kappa shape index (κ3) is 3.07. The standard InChI is InChI=1S/C19H23N3O2/c1-3-14(2)20-18(23)15-10-13-22(19(15)24)17-9-5-4-8-16(17)21-11-6-7-12-21/h4-9,11-12,14-15H,3,10,13H2,1-2H3,(H,20,23). The number of hydrogen-bond donors (Lipinski definition) is 1. The van der Waals surface area contributed by atoms with Gasteiger partial charge in [-0.3, -0.25) is 9.59 Å². The van der Waals surface area contributed by atoms with Gasteiger partial charge in [0.1, 0.15) is 5.92 Å². The zero-order valence-electron chi connectivity index (χ0n) is 14.1. The molecule has 2 aromatic rings. The van der Waals surface area contributed by atoms with Crippen molar-refractivity contribution in [2.75, 3.05) is 11.4 Å². The Labute approximate surface area is 142 Å². The quantitative estimate of drug-likeness (QED) is 0.860. The van der Waals surface area contributed by atoms with Crippen molar-refractivity contribution >= 4 is 17.5 Å². The Hall–Kier alpha value is -2.56. The molecule has 2 atom stereocenters. The molecule has 1 N–H and O–H groups in total. The molecule has 5 heteroatoms. The second kappa shape index (κ2) is 6.91. The Bertz CT molecular complexity index is 724. The van der Waals surface area contributed by atoms with Crippen LogP contribution in [0.15, 0.2) is 48.8 Å². The second-order valence-corrected chi connectivity index (χ2v) is 6.23. The first-order chi connectivity index (χ1) is 11.6. The van der Waals surface area contributed by atoms with Crippen molar-refractivity contribution in [1.82, 2.24) is 9.88 Å². The van der Waals surface area contributed by atoms with Gasteiger partial charge in [-0.05, 0) is 44.0 Å². The van der Waals surface area contributed by atoms with E-state index in [1.807, 2.05) is 67.2 Å². The predicted octanol–water partition coefficient (Wildman–Crippen LogP) is 2.74. The summed E-state index contributed by atoms with van der Waals surface area (Å²) in [6, 6.07) is 11.8. The molecule has 2 unspecified atom stereocenters. The monoisotopic (exact) mass is 325 g/mol. The number of rotatable bonds is 5. The van der Waals surface area contributed by atoms with E-state index >= 15 is 0 Å². The average molecular weight is 325 g/mol. The van der Waals surface area contributed by atoms with Crippen molar-refractivity contribution in [3.8, 4) is 5.69 Å². The Morgan fingerprint density at radius 3 is 2.54 bits per heavy atom. The minimum absolute atomic E-state index is 0.0894. The maximum Gasteiger partial charge on any atom is 0.239 e. The van der Waals surface area contributed by atoms with Crippen LogP contribution < -0.4 is 10.2 Å². The highest BCUT2D eigenvalue weighted by Gasteiger charge is 2.38. The lowest BCUT2D eigenvalue weighted by molar-refractivity contribution is -0.132. The van der Waals surface area contributed by atoms with E-state index in [2.05, 4.69) is 5.32 Å². The third-order valence-corrected chi connectivity index (χ3v) is 4.58. The molecule has 1 aliphatic rings. The summed E-state index contributed by atoms with van der Waals surface area (Å²) >= 11 is 0. The minimum atomic E-state index is -0.586. The second-order valence-electron chi connectivity index (χ2n) is 6.23. The minimum Gasteiger partial charge on any atom is -0.353 e. The molecule has 2 heterocycles. The molecule has 1 aromatic carbocycles. The van der Waals surface area contributed by atoms with Gasteiger partial charge in [0.2, 0.25) is 11.8 Å². The van der Waals surface area contributed by atoms with Gasteiger partial charge in [-0.25, -0.2) is 0 Å². The van der Waals surface area contributed by atoms with Crippen molar-refractivity contribution in [3.05, 3.63) is 48.8 Å². The molecule has 0 radical (unpaired) electrons. The third-order valence-electron chi connectivity index (χ3n) is 4.58. The average Bonchev–Trinajstić information content (AvgIpc) is 3.24. The largest absolute Gasteiger partial charge is 0.353 e. The number of anilines is 1. The molecule has 1 fully saturated rings. The van der Waals surface area contributed by atoms with Crippen LogP contribution in [0.1, 0.15) is 26.7 Å². The predicted molar refractivity (Wildman–Crippen MR) is 94.1 cm³/mol. The van der Waals surface area contributed by atoms with Gasteiger partial charge in [-0.2, -0.15) is 0 Å². The molecule has 2 amide bonds. The molecule has 5 nitrogen and oxygen atoms in total. The summed E-state index contributed by atoms with van der Waals surface area (Å²) in [5, 5.41) is 2.92. The first kappa shape index (κ1) is 16.3. The lowest BCUT2D eigenvalue weighted by Gasteiger charge is -2.21. The molecule has 0 aliphatic carbocycles. The van der Waals surface area contributed by atoms with Crippen LogP contribution in [0.2, 0.25) is 0 Å². The van der Waals surface area contributed by atoms with Crippen LogP contribution in [0.3, 0.4) is 0 Å². The van der Waals surface area contributed by atoms with Crippen molar-refractivity contribution in [2.45, 2.75) is 32.7 Å². The molecule has 1 aliphatic heterocycles. The maximum atomic E-state index is 12.8. The van der Waals surface area contributed by atoms with Crippen LogP contribution in [0.5, 0.6) is 0 Å². The van der Waals surface area contributed by atoms with E-state index in [1.165, 1.54) is 0 Å². The molecular formula is C19H23N3O2. The van der Waals surface area contributed by atoms with Crippen LogP contribution in [0, 0.1) is 5.92 Å². The zero-order valence-corrected chi connectivity index (χ0v) is 14.1. The summed E-state index contributed by atoms with van der Waals surface area (Å²) < 4.78 is 1.98. The van der Waals surface area contributed by atoms with Gasteiger partial charge in [-0.1, -0.05) is 19.1 Å². The molecule has 1 aromatic heterocycles. The van der Waals surface area contributed by atoms with E-state index in [0.717, 1.165) is 17.8 Å². The Morgan fingerprint density at radius 2 is 1.88 bits per heavy atom. The Morgan fingerprint density at radius 1 is 1.21 bits per heavy atom. The lowest BCUT2D eigenvalue weighted by atomic mass is 10.1. The van der Waals surface area contributed by atoms with E-state index in [9.17, 15) is 9.59 Å². The molecular weight excluding hydrogens is 302 g/mol. The molecule has 0 spiro atoms. The van der Waals surface area contributed by atoms with Crippen molar-refractivity contribution < 1.29 is 9.59 Å². The van der Waals surface area contributed by atoms with Crippen LogP contribution in [-0.4, -0.2) is 29.0 Å².